The van der Waals surface area contributed by atoms with Crippen LogP contribution in [0.25, 0.3) is 0 Å². The maximum Gasteiger partial charge on any atom is 0.243 e. The van der Waals surface area contributed by atoms with E-state index >= 15 is 0 Å². The van der Waals surface area contributed by atoms with E-state index in [1.807, 2.05) is 12.1 Å². The summed E-state index contributed by atoms with van der Waals surface area (Å²) in [7, 11) is 1.51. The van der Waals surface area contributed by atoms with Gasteiger partial charge in [-0.1, -0.05) is 18.9 Å². The molecule has 1 spiro atoms. The van der Waals surface area contributed by atoms with Crippen molar-refractivity contribution in [3.8, 4) is 5.75 Å². The number of carbonyl (C=O) groups excluding carboxylic acids is 1. The molecule has 4 nitrogen and oxygen atoms in total. The molecule has 4 aliphatic rings. The molecule has 3 atom stereocenters. The molecule has 5 heteroatoms. The van der Waals surface area contributed by atoms with E-state index in [1.54, 1.807) is 0 Å². The molecule has 1 aromatic rings. The molecule has 1 aliphatic carbocycles. The highest BCUT2D eigenvalue weighted by Crippen LogP contribution is 2.57. The SMILES string of the molecule is COc1cc([C@@H]2C[C@H]3CN(C4CCCC4)C(=O)[C@]34CCCN24)ccc1F. The summed E-state index contributed by atoms with van der Waals surface area (Å²) in [6, 6.07) is 5.86. The zero-order valence-electron chi connectivity index (χ0n) is 15.4. The van der Waals surface area contributed by atoms with Gasteiger partial charge in [0.05, 0.1) is 7.11 Å². The fourth-order valence-corrected chi connectivity index (χ4v) is 6.26. The molecule has 1 aromatic carbocycles. The van der Waals surface area contributed by atoms with Gasteiger partial charge < -0.3 is 9.64 Å². The van der Waals surface area contributed by atoms with Crippen LogP contribution in [-0.2, 0) is 4.79 Å². The van der Waals surface area contributed by atoms with Crippen LogP contribution in [0.2, 0.25) is 0 Å². The van der Waals surface area contributed by atoms with Crippen molar-refractivity contribution in [2.24, 2.45) is 5.92 Å². The Labute approximate surface area is 154 Å². The van der Waals surface area contributed by atoms with Gasteiger partial charge in [-0.05, 0) is 56.3 Å². The molecule has 3 aliphatic heterocycles. The molecule has 0 aromatic heterocycles. The second-order valence-electron chi connectivity index (χ2n) is 8.46. The van der Waals surface area contributed by atoms with Crippen LogP contribution < -0.4 is 4.74 Å². The van der Waals surface area contributed by atoms with Crippen LogP contribution in [-0.4, -0.2) is 47.5 Å². The Bertz CT molecular complexity index is 733. The number of likely N-dealkylation sites (tertiary alicyclic amines) is 1. The minimum absolute atomic E-state index is 0.201. The number of hydrogen-bond acceptors (Lipinski definition) is 3. The summed E-state index contributed by atoms with van der Waals surface area (Å²) in [6.07, 6.45) is 7.91. The van der Waals surface area contributed by atoms with Crippen LogP contribution >= 0.6 is 0 Å². The first-order chi connectivity index (χ1) is 12.6. The van der Waals surface area contributed by atoms with Gasteiger partial charge in [0.15, 0.2) is 11.6 Å². The van der Waals surface area contributed by atoms with Gasteiger partial charge in [-0.2, -0.15) is 0 Å². The normalized spacial score (nSPS) is 34.5. The summed E-state index contributed by atoms with van der Waals surface area (Å²) in [6.45, 7) is 1.87. The number of carbonyl (C=O) groups is 1. The van der Waals surface area contributed by atoms with E-state index in [2.05, 4.69) is 9.80 Å². The predicted molar refractivity (Wildman–Crippen MR) is 96.4 cm³/mol. The van der Waals surface area contributed by atoms with Gasteiger partial charge in [-0.15, -0.1) is 0 Å². The lowest BCUT2D eigenvalue weighted by atomic mass is 9.85. The molecule has 3 saturated heterocycles. The topological polar surface area (TPSA) is 32.8 Å². The Morgan fingerprint density at radius 2 is 2.04 bits per heavy atom. The summed E-state index contributed by atoms with van der Waals surface area (Å²) in [4.78, 5) is 18.2. The van der Waals surface area contributed by atoms with Gasteiger partial charge in [0.1, 0.15) is 5.54 Å². The standard InChI is InChI=1S/C21H27FN2O2/c1-26-19-11-14(7-8-17(19)22)18-12-15-13-23(16-5-2-3-6-16)20(25)21(15)9-4-10-24(18)21/h7-8,11,15-16,18H,2-6,9-10,12-13H2,1H3/t15-,18-,21-/m0/s1. The van der Waals surface area contributed by atoms with Crippen LogP contribution in [0.1, 0.15) is 56.6 Å². The van der Waals surface area contributed by atoms with Crippen LogP contribution in [0.5, 0.6) is 5.75 Å². The first-order valence-electron chi connectivity index (χ1n) is 10.1. The van der Waals surface area contributed by atoms with Crippen molar-refractivity contribution in [2.45, 2.75) is 62.6 Å². The summed E-state index contributed by atoms with van der Waals surface area (Å²) in [5.74, 6) is 0.753. The monoisotopic (exact) mass is 358 g/mol. The van der Waals surface area contributed by atoms with Crippen molar-refractivity contribution >= 4 is 5.91 Å². The molecule has 0 bridgehead atoms. The molecule has 1 saturated carbocycles. The zero-order chi connectivity index (χ0) is 17.9. The van der Waals surface area contributed by atoms with E-state index in [4.69, 9.17) is 4.74 Å². The van der Waals surface area contributed by atoms with Crippen LogP contribution in [0.4, 0.5) is 4.39 Å². The number of ether oxygens (including phenoxy) is 1. The van der Waals surface area contributed by atoms with Crippen molar-refractivity contribution in [3.05, 3.63) is 29.6 Å². The number of nitrogens with zero attached hydrogens (tertiary/aromatic N) is 2. The first kappa shape index (κ1) is 16.5. The Balaban J connectivity index is 1.47. The maximum atomic E-state index is 13.8. The Kier molecular flexibility index (Phi) is 3.78. The lowest BCUT2D eigenvalue weighted by Crippen LogP contribution is -2.51. The van der Waals surface area contributed by atoms with E-state index in [1.165, 1.54) is 38.9 Å². The van der Waals surface area contributed by atoms with E-state index in [-0.39, 0.29) is 17.4 Å². The summed E-state index contributed by atoms with van der Waals surface area (Å²) in [5.41, 5.74) is 0.786. The van der Waals surface area contributed by atoms with E-state index in [0.29, 0.717) is 23.6 Å². The number of amides is 1. The predicted octanol–water partition coefficient (Wildman–Crippen LogP) is 3.51. The highest BCUT2D eigenvalue weighted by molar-refractivity contribution is 5.90. The molecule has 140 valence electrons. The van der Waals surface area contributed by atoms with Crippen molar-refractivity contribution < 1.29 is 13.9 Å². The van der Waals surface area contributed by atoms with Crippen molar-refractivity contribution in [1.82, 2.24) is 9.80 Å². The Morgan fingerprint density at radius 3 is 2.81 bits per heavy atom. The number of halogens is 1. The second-order valence-corrected chi connectivity index (χ2v) is 8.46. The van der Waals surface area contributed by atoms with Gasteiger partial charge >= 0.3 is 0 Å². The molecule has 0 unspecified atom stereocenters. The van der Waals surface area contributed by atoms with Crippen LogP contribution in [0.15, 0.2) is 18.2 Å². The smallest absolute Gasteiger partial charge is 0.243 e. The maximum absolute atomic E-state index is 13.8. The number of methoxy groups -OCH3 is 1. The highest BCUT2D eigenvalue weighted by atomic mass is 19.1. The minimum atomic E-state index is -0.325. The average Bonchev–Trinajstić information content (AvgIpc) is 3.39. The van der Waals surface area contributed by atoms with Gasteiger partial charge in [0.2, 0.25) is 5.91 Å². The van der Waals surface area contributed by atoms with Gasteiger partial charge in [0, 0.05) is 24.5 Å². The van der Waals surface area contributed by atoms with Crippen molar-refractivity contribution in [2.75, 3.05) is 20.2 Å². The largest absolute Gasteiger partial charge is 0.494 e. The summed E-state index contributed by atoms with van der Waals surface area (Å²) < 4.78 is 19.0. The molecule has 0 radical (unpaired) electrons. The lowest BCUT2D eigenvalue weighted by Gasteiger charge is -2.35. The van der Waals surface area contributed by atoms with Gasteiger partial charge in [0.25, 0.3) is 0 Å². The molecule has 3 heterocycles. The third-order valence-corrected chi connectivity index (χ3v) is 7.40. The molecule has 4 fully saturated rings. The molecular formula is C21H27FN2O2. The van der Waals surface area contributed by atoms with Crippen LogP contribution in [0, 0.1) is 11.7 Å². The summed E-state index contributed by atoms with van der Waals surface area (Å²) in [5, 5.41) is 0. The van der Waals surface area contributed by atoms with E-state index < -0.39 is 0 Å². The molecule has 5 rings (SSSR count). The van der Waals surface area contributed by atoms with Gasteiger partial charge in [-0.3, -0.25) is 9.69 Å². The number of benzene rings is 1. The average molecular weight is 358 g/mol. The number of rotatable bonds is 3. The van der Waals surface area contributed by atoms with Crippen molar-refractivity contribution in [3.63, 3.8) is 0 Å². The van der Waals surface area contributed by atoms with E-state index in [0.717, 1.165) is 37.9 Å². The fraction of sp³-hybridized carbons (Fsp3) is 0.667. The molecule has 0 N–H and O–H groups in total. The minimum Gasteiger partial charge on any atom is -0.494 e. The fourth-order valence-electron chi connectivity index (χ4n) is 6.26. The van der Waals surface area contributed by atoms with E-state index in [9.17, 15) is 9.18 Å². The first-order valence-corrected chi connectivity index (χ1v) is 10.1. The van der Waals surface area contributed by atoms with Crippen molar-refractivity contribution in [1.29, 1.82) is 0 Å². The molecule has 1 amide bonds. The molecular weight excluding hydrogens is 331 g/mol. The molecule has 26 heavy (non-hydrogen) atoms. The third-order valence-electron chi connectivity index (χ3n) is 7.40. The van der Waals surface area contributed by atoms with Gasteiger partial charge in [-0.25, -0.2) is 4.39 Å². The third kappa shape index (κ3) is 2.13. The lowest BCUT2D eigenvalue weighted by molar-refractivity contribution is -0.138. The summed E-state index contributed by atoms with van der Waals surface area (Å²) >= 11 is 0. The quantitative estimate of drug-likeness (QED) is 0.829. The Morgan fingerprint density at radius 1 is 1.23 bits per heavy atom. The second kappa shape index (κ2) is 5.95. The zero-order valence-corrected chi connectivity index (χ0v) is 15.4. The highest BCUT2D eigenvalue weighted by Gasteiger charge is 2.65. The van der Waals surface area contributed by atoms with Crippen LogP contribution in [0.3, 0.4) is 0 Å². The Hall–Kier alpha value is -1.62. The number of hydrogen-bond donors (Lipinski definition) is 0.